The van der Waals surface area contributed by atoms with Gasteiger partial charge in [0.25, 0.3) is 0 Å². The third-order valence-corrected chi connectivity index (χ3v) is 5.79. The molecule has 0 aliphatic heterocycles. The largest absolute Gasteiger partial charge is 0.493 e. The van der Waals surface area contributed by atoms with Crippen molar-refractivity contribution >= 4 is 12.3 Å². The fourth-order valence-corrected chi connectivity index (χ4v) is 4.12. The first kappa shape index (κ1) is 17.8. The second kappa shape index (κ2) is 7.46. The summed E-state index contributed by atoms with van der Waals surface area (Å²) in [6, 6.07) is 5.69. The Hall–Kier alpha value is -2.04. The molecule has 5 nitrogen and oxygen atoms in total. The van der Waals surface area contributed by atoms with Crippen LogP contribution in [0.3, 0.4) is 0 Å². The first-order valence-electron chi connectivity index (χ1n) is 9.12. The van der Waals surface area contributed by atoms with E-state index in [4.69, 9.17) is 9.47 Å². The quantitative estimate of drug-likeness (QED) is 0.795. The van der Waals surface area contributed by atoms with E-state index in [0.29, 0.717) is 37.2 Å². The average molecular weight is 346 g/mol. The number of hydrogen-bond donors (Lipinski definition) is 1. The predicted molar refractivity (Wildman–Crippen MR) is 93.2 cm³/mol. The maximum Gasteiger partial charge on any atom is 0.306 e. The highest BCUT2D eigenvalue weighted by atomic mass is 16.5. The molecule has 25 heavy (non-hydrogen) atoms. The number of rotatable bonds is 6. The maximum atomic E-state index is 11.9. The Labute approximate surface area is 148 Å². The van der Waals surface area contributed by atoms with Crippen LogP contribution in [-0.2, 0) is 15.0 Å². The third-order valence-electron chi connectivity index (χ3n) is 5.79. The number of carboxylic acid groups (broad SMARTS) is 1. The normalized spacial score (nSPS) is 27.0. The second-order valence-electron chi connectivity index (χ2n) is 7.28. The molecule has 0 aromatic heterocycles. The Morgan fingerprint density at radius 1 is 1.16 bits per heavy atom. The van der Waals surface area contributed by atoms with E-state index in [1.807, 2.05) is 18.2 Å². The van der Waals surface area contributed by atoms with E-state index in [9.17, 15) is 14.7 Å². The lowest BCUT2D eigenvalue weighted by atomic mass is 9.67. The zero-order valence-corrected chi connectivity index (χ0v) is 14.7. The molecule has 0 heterocycles. The van der Waals surface area contributed by atoms with Gasteiger partial charge in [-0.25, -0.2) is 0 Å². The van der Waals surface area contributed by atoms with Crippen molar-refractivity contribution in [2.24, 2.45) is 5.92 Å². The van der Waals surface area contributed by atoms with Crippen molar-refractivity contribution in [3.63, 3.8) is 0 Å². The molecular formula is C20H26O5. The Balaban J connectivity index is 1.84. The Morgan fingerprint density at radius 2 is 1.84 bits per heavy atom. The first-order valence-corrected chi connectivity index (χ1v) is 9.12. The highest BCUT2D eigenvalue weighted by Crippen LogP contribution is 2.43. The van der Waals surface area contributed by atoms with Crippen LogP contribution in [0.2, 0.25) is 0 Å². The van der Waals surface area contributed by atoms with Gasteiger partial charge >= 0.3 is 5.97 Å². The van der Waals surface area contributed by atoms with Gasteiger partial charge in [0.2, 0.25) is 0 Å². The van der Waals surface area contributed by atoms with E-state index in [1.165, 1.54) is 12.8 Å². The number of carbonyl (C=O) groups excluding carboxylic acids is 1. The number of ether oxygens (including phenoxy) is 2. The van der Waals surface area contributed by atoms with Gasteiger partial charge in [-0.05, 0) is 69.1 Å². The summed E-state index contributed by atoms with van der Waals surface area (Å²) in [5.74, 6) is 0.254. The van der Waals surface area contributed by atoms with Crippen LogP contribution in [0.15, 0.2) is 18.2 Å². The van der Waals surface area contributed by atoms with E-state index in [-0.39, 0.29) is 12.0 Å². The number of aldehydes is 1. The summed E-state index contributed by atoms with van der Waals surface area (Å²) in [7, 11) is 1.62. The van der Waals surface area contributed by atoms with Crippen LogP contribution in [0.5, 0.6) is 11.5 Å². The molecule has 0 radical (unpaired) electrons. The molecule has 0 amide bonds. The monoisotopic (exact) mass is 346 g/mol. The molecule has 1 aromatic carbocycles. The lowest BCUT2D eigenvalue weighted by Gasteiger charge is -2.35. The van der Waals surface area contributed by atoms with E-state index < -0.39 is 11.4 Å². The van der Waals surface area contributed by atoms with Gasteiger partial charge in [0.15, 0.2) is 11.5 Å². The molecule has 1 aromatic rings. The summed E-state index contributed by atoms with van der Waals surface area (Å²) in [4.78, 5) is 23.1. The minimum absolute atomic E-state index is 0.207. The van der Waals surface area contributed by atoms with Gasteiger partial charge in [0, 0.05) is 0 Å². The fraction of sp³-hybridized carbons (Fsp3) is 0.600. The van der Waals surface area contributed by atoms with Crippen LogP contribution < -0.4 is 9.47 Å². The number of carboxylic acids is 1. The van der Waals surface area contributed by atoms with Gasteiger partial charge in [0.05, 0.1) is 24.5 Å². The van der Waals surface area contributed by atoms with E-state index in [2.05, 4.69) is 0 Å². The van der Waals surface area contributed by atoms with E-state index in [1.54, 1.807) is 7.11 Å². The Kier molecular flexibility index (Phi) is 5.30. The standard InChI is InChI=1S/C20H26O5/c1-24-17-7-6-15(12-18(17)25-16-4-2-3-5-16)20(13-21)10-8-14(9-11-20)19(22)23/h6-7,12-14,16H,2-5,8-11H2,1H3,(H,22,23). The van der Waals surface area contributed by atoms with Crippen LogP contribution in [0.4, 0.5) is 0 Å². The highest BCUT2D eigenvalue weighted by Gasteiger charge is 2.39. The van der Waals surface area contributed by atoms with Gasteiger partial charge in [-0.1, -0.05) is 6.07 Å². The minimum atomic E-state index is -0.764. The number of hydrogen-bond acceptors (Lipinski definition) is 4. The number of aliphatic carboxylic acids is 1. The summed E-state index contributed by atoms with van der Waals surface area (Å²) >= 11 is 0. The molecule has 2 saturated carbocycles. The van der Waals surface area contributed by atoms with E-state index >= 15 is 0 Å². The molecule has 2 aliphatic rings. The van der Waals surface area contributed by atoms with Gasteiger partial charge in [0.1, 0.15) is 6.29 Å². The van der Waals surface area contributed by atoms with Crippen LogP contribution in [-0.4, -0.2) is 30.6 Å². The molecule has 0 bridgehead atoms. The molecular weight excluding hydrogens is 320 g/mol. The van der Waals surface area contributed by atoms with Crippen molar-refractivity contribution < 1.29 is 24.2 Å². The lowest BCUT2D eigenvalue weighted by Crippen LogP contribution is -2.35. The zero-order chi connectivity index (χ0) is 17.9. The minimum Gasteiger partial charge on any atom is -0.493 e. The molecule has 3 rings (SSSR count). The Bertz CT molecular complexity index is 625. The van der Waals surface area contributed by atoms with Crippen molar-refractivity contribution in [2.75, 3.05) is 7.11 Å². The van der Waals surface area contributed by atoms with Crippen molar-refractivity contribution in [1.29, 1.82) is 0 Å². The number of carbonyl (C=O) groups is 2. The lowest BCUT2D eigenvalue weighted by molar-refractivity contribution is -0.143. The Morgan fingerprint density at radius 3 is 2.40 bits per heavy atom. The van der Waals surface area contributed by atoms with Crippen molar-refractivity contribution in [3.8, 4) is 11.5 Å². The molecule has 5 heteroatoms. The predicted octanol–water partition coefficient (Wildman–Crippen LogP) is 3.73. The van der Waals surface area contributed by atoms with Crippen LogP contribution in [0.25, 0.3) is 0 Å². The molecule has 0 spiro atoms. The summed E-state index contributed by atoms with van der Waals surface area (Å²) in [6.45, 7) is 0. The van der Waals surface area contributed by atoms with Gasteiger partial charge in [-0.3, -0.25) is 4.79 Å². The summed E-state index contributed by atoms with van der Waals surface area (Å²) in [6.07, 6.45) is 7.83. The van der Waals surface area contributed by atoms with Crippen LogP contribution in [0.1, 0.15) is 56.9 Å². The second-order valence-corrected chi connectivity index (χ2v) is 7.28. The van der Waals surface area contributed by atoms with Crippen molar-refractivity contribution in [3.05, 3.63) is 23.8 Å². The summed E-state index contributed by atoms with van der Waals surface area (Å²) in [5.41, 5.74) is 0.284. The molecule has 1 N–H and O–H groups in total. The SMILES string of the molecule is COc1ccc(C2(C=O)CCC(C(=O)O)CC2)cc1OC1CCCC1. The molecule has 0 atom stereocenters. The zero-order valence-electron chi connectivity index (χ0n) is 14.7. The average Bonchev–Trinajstić information content (AvgIpc) is 3.14. The summed E-state index contributed by atoms with van der Waals surface area (Å²) < 4.78 is 11.6. The number of methoxy groups -OCH3 is 1. The van der Waals surface area contributed by atoms with Gasteiger partial charge in [-0.2, -0.15) is 0 Å². The van der Waals surface area contributed by atoms with Crippen molar-refractivity contribution in [2.45, 2.75) is 62.9 Å². The molecule has 136 valence electrons. The summed E-state index contributed by atoms with van der Waals surface area (Å²) in [5, 5.41) is 9.20. The van der Waals surface area contributed by atoms with E-state index in [0.717, 1.165) is 24.7 Å². The third kappa shape index (κ3) is 3.65. The topological polar surface area (TPSA) is 72.8 Å². The molecule has 2 fully saturated rings. The fourth-order valence-electron chi connectivity index (χ4n) is 4.12. The number of benzene rings is 1. The smallest absolute Gasteiger partial charge is 0.306 e. The van der Waals surface area contributed by atoms with Crippen molar-refractivity contribution in [1.82, 2.24) is 0 Å². The molecule has 0 unspecified atom stereocenters. The van der Waals surface area contributed by atoms with Crippen LogP contribution in [0, 0.1) is 5.92 Å². The van der Waals surface area contributed by atoms with Gasteiger partial charge < -0.3 is 19.4 Å². The first-order chi connectivity index (χ1) is 12.1. The van der Waals surface area contributed by atoms with Gasteiger partial charge in [-0.15, -0.1) is 0 Å². The highest BCUT2D eigenvalue weighted by molar-refractivity contribution is 5.73. The maximum absolute atomic E-state index is 11.9. The molecule has 2 aliphatic carbocycles. The van der Waals surface area contributed by atoms with Crippen LogP contribution >= 0.6 is 0 Å². The molecule has 0 saturated heterocycles.